The maximum atomic E-state index is 12.4. The van der Waals surface area contributed by atoms with Gasteiger partial charge in [-0.1, -0.05) is 24.3 Å². The van der Waals surface area contributed by atoms with Gasteiger partial charge >= 0.3 is 5.97 Å². The van der Waals surface area contributed by atoms with Gasteiger partial charge in [0.25, 0.3) is 0 Å². The molecule has 1 aliphatic rings. The van der Waals surface area contributed by atoms with Crippen LogP contribution in [0.15, 0.2) is 47.8 Å². The van der Waals surface area contributed by atoms with Crippen LogP contribution in [0.4, 0.5) is 0 Å². The molecular formula is C24H23NO4S. The molecule has 0 bridgehead atoms. The number of aromatic nitrogens is 1. The fraction of sp³-hybridized carbons (Fsp3) is 0.292. The Morgan fingerprint density at radius 2 is 1.93 bits per heavy atom. The van der Waals surface area contributed by atoms with E-state index in [0.29, 0.717) is 11.3 Å². The summed E-state index contributed by atoms with van der Waals surface area (Å²) in [6.07, 6.45) is 3.50. The lowest BCUT2D eigenvalue weighted by atomic mass is 10.0. The van der Waals surface area contributed by atoms with Gasteiger partial charge in [-0.05, 0) is 48.6 Å². The number of carbonyl (C=O) groups is 2. The lowest BCUT2D eigenvalue weighted by molar-refractivity contribution is -0.145. The smallest absolute Gasteiger partial charge is 0.306 e. The molecule has 0 fully saturated rings. The second-order valence-corrected chi connectivity index (χ2v) is 8.15. The number of ether oxygens (including phenoxy) is 2. The number of Topliss-reactive ketones (excluding diaryl/α,β-unsaturated/α-hetero) is 1. The number of ketones is 1. The molecule has 30 heavy (non-hydrogen) atoms. The van der Waals surface area contributed by atoms with Crippen LogP contribution in [0.2, 0.25) is 0 Å². The van der Waals surface area contributed by atoms with Gasteiger partial charge in [0, 0.05) is 22.9 Å². The Balaban J connectivity index is 1.27. The predicted molar refractivity (Wildman–Crippen MR) is 116 cm³/mol. The number of aryl methyl sites for hydroxylation is 2. The molecule has 154 valence electrons. The molecule has 0 amide bonds. The molecule has 0 saturated carbocycles. The summed E-state index contributed by atoms with van der Waals surface area (Å²) in [7, 11) is 1.63. The summed E-state index contributed by atoms with van der Waals surface area (Å²) in [6.45, 7) is 0.104. The van der Waals surface area contributed by atoms with Gasteiger partial charge < -0.3 is 9.47 Å². The standard InChI is InChI=1S/C24H23NO4S/c1-28-21-7-3-6-19(13-21)24-25-20(15-30-24)14-29-23(27)11-10-22(26)18-9-8-16-4-2-5-17(16)12-18/h3,6-9,12-13,15H,2,4-5,10-11,14H2,1H3. The molecule has 4 rings (SSSR count). The normalized spacial score (nSPS) is 12.4. The molecule has 0 spiro atoms. The Bertz CT molecular complexity index is 1070. The Hall–Kier alpha value is -2.99. The number of hydrogen-bond donors (Lipinski definition) is 0. The van der Waals surface area contributed by atoms with Gasteiger partial charge in [-0.15, -0.1) is 11.3 Å². The third kappa shape index (κ3) is 4.76. The summed E-state index contributed by atoms with van der Waals surface area (Å²) in [5.41, 5.74) is 4.93. The Labute approximate surface area is 179 Å². The monoisotopic (exact) mass is 421 g/mol. The van der Waals surface area contributed by atoms with Gasteiger partial charge in [0.1, 0.15) is 17.4 Å². The quantitative estimate of drug-likeness (QED) is 0.378. The van der Waals surface area contributed by atoms with Crippen molar-refractivity contribution in [2.24, 2.45) is 0 Å². The zero-order chi connectivity index (χ0) is 20.9. The van der Waals surface area contributed by atoms with Crippen molar-refractivity contribution in [2.45, 2.75) is 38.7 Å². The summed E-state index contributed by atoms with van der Waals surface area (Å²) in [4.78, 5) is 29.0. The molecule has 0 unspecified atom stereocenters. The molecule has 0 N–H and O–H groups in total. The van der Waals surface area contributed by atoms with Crippen LogP contribution >= 0.6 is 11.3 Å². The van der Waals surface area contributed by atoms with Crippen LogP contribution in [0, 0.1) is 0 Å². The van der Waals surface area contributed by atoms with Gasteiger partial charge in [-0.25, -0.2) is 4.98 Å². The Morgan fingerprint density at radius 1 is 1.07 bits per heavy atom. The summed E-state index contributed by atoms with van der Waals surface area (Å²) in [5.74, 6) is 0.361. The van der Waals surface area contributed by atoms with E-state index >= 15 is 0 Å². The molecule has 0 aliphatic heterocycles. The zero-order valence-electron chi connectivity index (χ0n) is 16.8. The minimum Gasteiger partial charge on any atom is -0.497 e. The molecule has 3 aromatic rings. The predicted octanol–water partition coefficient (Wildman–Crippen LogP) is 5.01. The first kappa shape index (κ1) is 20.3. The number of thiazole rings is 1. The molecule has 6 heteroatoms. The summed E-state index contributed by atoms with van der Waals surface area (Å²) in [6, 6.07) is 13.5. The van der Waals surface area contributed by atoms with Gasteiger partial charge in [0.2, 0.25) is 0 Å². The van der Waals surface area contributed by atoms with Crippen LogP contribution in [-0.4, -0.2) is 23.8 Å². The van der Waals surface area contributed by atoms with Crippen LogP contribution < -0.4 is 4.74 Å². The van der Waals surface area contributed by atoms with E-state index in [1.54, 1.807) is 7.11 Å². The molecule has 1 aromatic heterocycles. The van der Waals surface area contributed by atoms with E-state index in [1.807, 2.05) is 47.8 Å². The van der Waals surface area contributed by atoms with E-state index in [-0.39, 0.29) is 31.2 Å². The van der Waals surface area contributed by atoms with Gasteiger partial charge in [-0.3, -0.25) is 9.59 Å². The minimum atomic E-state index is -0.388. The largest absolute Gasteiger partial charge is 0.497 e. The van der Waals surface area contributed by atoms with Gasteiger partial charge in [0.05, 0.1) is 19.2 Å². The molecule has 2 aromatic carbocycles. The highest BCUT2D eigenvalue weighted by Gasteiger charge is 2.15. The second-order valence-electron chi connectivity index (χ2n) is 7.30. The first-order valence-electron chi connectivity index (χ1n) is 10.0. The number of benzene rings is 2. The van der Waals surface area contributed by atoms with Crippen molar-refractivity contribution in [3.63, 3.8) is 0 Å². The van der Waals surface area contributed by atoms with Crippen LogP contribution in [0.1, 0.15) is 46.4 Å². The number of nitrogens with zero attached hydrogens (tertiary/aromatic N) is 1. The molecule has 1 heterocycles. The van der Waals surface area contributed by atoms with Crippen molar-refractivity contribution in [3.05, 3.63) is 70.2 Å². The summed E-state index contributed by atoms with van der Waals surface area (Å²) >= 11 is 1.49. The van der Waals surface area contributed by atoms with E-state index in [1.165, 1.54) is 22.5 Å². The van der Waals surface area contributed by atoms with Crippen molar-refractivity contribution in [3.8, 4) is 16.3 Å². The third-order valence-corrected chi connectivity index (χ3v) is 6.17. The second kappa shape index (κ2) is 9.22. The Kier molecular flexibility index (Phi) is 6.23. The van der Waals surface area contributed by atoms with Crippen molar-refractivity contribution < 1.29 is 19.1 Å². The lowest BCUT2D eigenvalue weighted by Gasteiger charge is -2.05. The van der Waals surface area contributed by atoms with E-state index in [2.05, 4.69) is 4.98 Å². The lowest BCUT2D eigenvalue weighted by Crippen LogP contribution is -2.08. The number of fused-ring (bicyclic) bond motifs is 1. The molecule has 0 saturated heterocycles. The SMILES string of the molecule is COc1cccc(-c2nc(COC(=O)CCC(=O)c3ccc4c(c3)CCC4)cs2)c1. The molecule has 0 radical (unpaired) electrons. The van der Waals surface area contributed by atoms with Crippen molar-refractivity contribution in [1.82, 2.24) is 4.98 Å². The van der Waals surface area contributed by atoms with E-state index in [9.17, 15) is 9.59 Å². The van der Waals surface area contributed by atoms with Crippen molar-refractivity contribution in [2.75, 3.05) is 7.11 Å². The highest BCUT2D eigenvalue weighted by atomic mass is 32.1. The molecular weight excluding hydrogens is 398 g/mol. The average molecular weight is 422 g/mol. The first-order chi connectivity index (χ1) is 14.6. The number of esters is 1. The van der Waals surface area contributed by atoms with Crippen LogP contribution in [0.5, 0.6) is 5.75 Å². The van der Waals surface area contributed by atoms with Crippen LogP contribution in [0.25, 0.3) is 10.6 Å². The topological polar surface area (TPSA) is 65.5 Å². The summed E-state index contributed by atoms with van der Waals surface area (Å²) < 4.78 is 10.6. The first-order valence-corrected chi connectivity index (χ1v) is 10.9. The number of methoxy groups -OCH3 is 1. The minimum absolute atomic E-state index is 0.0179. The number of carbonyl (C=O) groups excluding carboxylic acids is 2. The van der Waals surface area contributed by atoms with Crippen LogP contribution in [-0.2, 0) is 29.0 Å². The van der Waals surface area contributed by atoms with Gasteiger partial charge in [0.15, 0.2) is 5.78 Å². The zero-order valence-corrected chi connectivity index (χ0v) is 17.7. The molecule has 0 atom stereocenters. The van der Waals surface area contributed by atoms with E-state index < -0.39 is 0 Å². The summed E-state index contributed by atoms with van der Waals surface area (Å²) in [5, 5.41) is 2.71. The van der Waals surface area contributed by atoms with Crippen molar-refractivity contribution >= 4 is 23.1 Å². The fourth-order valence-electron chi connectivity index (χ4n) is 3.59. The van der Waals surface area contributed by atoms with Crippen molar-refractivity contribution in [1.29, 1.82) is 0 Å². The highest BCUT2D eigenvalue weighted by molar-refractivity contribution is 7.13. The maximum absolute atomic E-state index is 12.4. The fourth-order valence-corrected chi connectivity index (χ4v) is 4.40. The Morgan fingerprint density at radius 3 is 2.80 bits per heavy atom. The van der Waals surface area contributed by atoms with E-state index in [4.69, 9.17) is 9.47 Å². The third-order valence-electron chi connectivity index (χ3n) is 5.23. The molecule has 1 aliphatic carbocycles. The van der Waals surface area contributed by atoms with Crippen LogP contribution in [0.3, 0.4) is 0 Å². The molecule has 5 nitrogen and oxygen atoms in total. The number of hydrogen-bond acceptors (Lipinski definition) is 6. The van der Waals surface area contributed by atoms with Gasteiger partial charge in [-0.2, -0.15) is 0 Å². The highest BCUT2D eigenvalue weighted by Crippen LogP contribution is 2.27. The number of rotatable bonds is 8. The maximum Gasteiger partial charge on any atom is 0.306 e. The van der Waals surface area contributed by atoms with E-state index in [0.717, 1.165) is 35.6 Å². The average Bonchev–Trinajstić information content (AvgIpc) is 3.45.